The van der Waals surface area contributed by atoms with Crippen LogP contribution >= 0.6 is 0 Å². The third-order valence-corrected chi connectivity index (χ3v) is 6.86. The number of benzene rings is 2. The van der Waals surface area contributed by atoms with E-state index in [-0.39, 0.29) is 5.91 Å². The fraction of sp³-hybridized carbons (Fsp3) is 0.393. The maximum Gasteiger partial charge on any atom is 0.254 e. The summed E-state index contributed by atoms with van der Waals surface area (Å²) in [7, 11) is 0. The molecular formula is C28H32N4O2. The highest BCUT2D eigenvalue weighted by atomic mass is 16.5. The molecule has 1 aromatic heterocycles. The van der Waals surface area contributed by atoms with Crippen LogP contribution in [0.25, 0.3) is 0 Å². The normalized spacial score (nSPS) is 16.3. The molecule has 3 heterocycles. The smallest absolute Gasteiger partial charge is 0.254 e. The number of rotatable bonds is 4. The fourth-order valence-electron chi connectivity index (χ4n) is 4.66. The molecule has 1 saturated heterocycles. The lowest BCUT2D eigenvalue weighted by molar-refractivity contribution is 0.0732. The molecule has 0 atom stereocenters. The summed E-state index contributed by atoms with van der Waals surface area (Å²) in [6.07, 6.45) is 2.98. The van der Waals surface area contributed by atoms with Crippen LogP contribution in [-0.2, 0) is 13.0 Å². The molecule has 1 amide bonds. The van der Waals surface area contributed by atoms with Gasteiger partial charge in [0, 0.05) is 31.6 Å². The van der Waals surface area contributed by atoms with Crippen molar-refractivity contribution >= 4 is 11.9 Å². The van der Waals surface area contributed by atoms with E-state index in [4.69, 9.17) is 14.7 Å². The van der Waals surface area contributed by atoms with Crippen molar-refractivity contribution in [3.05, 3.63) is 76.5 Å². The molecule has 0 radical (unpaired) electrons. The molecular weight excluding hydrogens is 424 g/mol. The van der Waals surface area contributed by atoms with Crippen LogP contribution in [0.1, 0.15) is 52.5 Å². The second kappa shape index (κ2) is 9.45. The van der Waals surface area contributed by atoms with Crippen LogP contribution in [0, 0.1) is 19.8 Å². The summed E-state index contributed by atoms with van der Waals surface area (Å²) in [5.41, 5.74) is 4.86. The van der Waals surface area contributed by atoms with Crippen LogP contribution in [0.3, 0.4) is 0 Å². The van der Waals surface area contributed by atoms with E-state index in [9.17, 15) is 4.79 Å². The third kappa shape index (κ3) is 4.76. The molecule has 2 aromatic carbocycles. The van der Waals surface area contributed by atoms with Crippen molar-refractivity contribution in [2.75, 3.05) is 24.5 Å². The molecule has 2 aliphatic heterocycles. The number of nitrogens with zero attached hydrogens (tertiary/aromatic N) is 4. The van der Waals surface area contributed by atoms with Gasteiger partial charge < -0.3 is 14.5 Å². The molecule has 2 aliphatic rings. The molecule has 5 rings (SSSR count). The summed E-state index contributed by atoms with van der Waals surface area (Å²) >= 11 is 0. The van der Waals surface area contributed by atoms with Crippen molar-refractivity contribution < 1.29 is 9.53 Å². The Labute approximate surface area is 201 Å². The number of amides is 1. The Kier molecular flexibility index (Phi) is 6.22. The predicted octanol–water partition coefficient (Wildman–Crippen LogP) is 5.32. The van der Waals surface area contributed by atoms with Gasteiger partial charge in [0.1, 0.15) is 5.75 Å². The minimum Gasteiger partial charge on any atom is -0.438 e. The number of hydrogen-bond acceptors (Lipinski definition) is 5. The Morgan fingerprint density at radius 3 is 2.47 bits per heavy atom. The summed E-state index contributed by atoms with van der Waals surface area (Å²) in [6, 6.07) is 15.7. The van der Waals surface area contributed by atoms with E-state index in [1.54, 1.807) is 0 Å². The van der Waals surface area contributed by atoms with Gasteiger partial charge >= 0.3 is 0 Å². The maximum absolute atomic E-state index is 13.2. The first kappa shape index (κ1) is 22.4. The quantitative estimate of drug-likeness (QED) is 0.532. The molecule has 176 valence electrons. The Morgan fingerprint density at radius 2 is 1.74 bits per heavy atom. The van der Waals surface area contributed by atoms with Crippen LogP contribution in [0.2, 0.25) is 0 Å². The molecule has 0 bridgehead atoms. The molecule has 34 heavy (non-hydrogen) atoms. The van der Waals surface area contributed by atoms with E-state index >= 15 is 0 Å². The Hall–Kier alpha value is -3.41. The lowest BCUT2D eigenvalue weighted by Gasteiger charge is -2.33. The maximum atomic E-state index is 13.2. The first-order valence-corrected chi connectivity index (χ1v) is 12.2. The second-order valence-corrected chi connectivity index (χ2v) is 9.68. The van der Waals surface area contributed by atoms with Crippen molar-refractivity contribution in [1.82, 2.24) is 14.9 Å². The topological polar surface area (TPSA) is 58.6 Å². The van der Waals surface area contributed by atoms with Crippen LogP contribution < -0.4 is 9.64 Å². The van der Waals surface area contributed by atoms with E-state index < -0.39 is 0 Å². The molecule has 0 aliphatic carbocycles. The number of carbonyl (C=O) groups excluding carboxylic acids is 1. The monoisotopic (exact) mass is 456 g/mol. The van der Waals surface area contributed by atoms with E-state index in [1.807, 2.05) is 60.4 Å². The average molecular weight is 457 g/mol. The zero-order valence-corrected chi connectivity index (χ0v) is 20.3. The van der Waals surface area contributed by atoms with Crippen molar-refractivity contribution in [2.24, 2.45) is 5.92 Å². The number of anilines is 1. The van der Waals surface area contributed by atoms with Gasteiger partial charge in [-0.1, -0.05) is 42.3 Å². The first-order chi connectivity index (χ1) is 16.5. The molecule has 0 N–H and O–H groups in total. The lowest BCUT2D eigenvalue weighted by Crippen LogP contribution is -2.38. The van der Waals surface area contributed by atoms with E-state index in [1.165, 1.54) is 5.56 Å². The van der Waals surface area contributed by atoms with Crippen LogP contribution in [-0.4, -0.2) is 40.4 Å². The summed E-state index contributed by atoms with van der Waals surface area (Å²) in [5.74, 6) is 2.81. The minimum atomic E-state index is 0.0322. The number of aryl methyl sites for hydroxylation is 2. The highest BCUT2D eigenvalue weighted by Gasteiger charge is 2.29. The van der Waals surface area contributed by atoms with Gasteiger partial charge in [-0.15, -0.1) is 0 Å². The van der Waals surface area contributed by atoms with Crippen molar-refractivity contribution in [3.8, 4) is 11.6 Å². The summed E-state index contributed by atoms with van der Waals surface area (Å²) < 4.78 is 6.32. The largest absolute Gasteiger partial charge is 0.438 e. The van der Waals surface area contributed by atoms with Crippen molar-refractivity contribution in [1.29, 1.82) is 0 Å². The standard InChI is InChI=1S/C28H32N4O2/c1-19-7-9-23(10-8-19)34-26-24-18-32(27(33)22-6-4-5-21(3)17-22)16-13-25(24)29-28(30-26)31-14-11-20(2)12-15-31/h4-10,17,20H,11-16,18H2,1-3H3. The van der Waals surface area contributed by atoms with Gasteiger partial charge in [-0.2, -0.15) is 4.98 Å². The van der Waals surface area contributed by atoms with Crippen molar-refractivity contribution in [2.45, 2.75) is 46.6 Å². The van der Waals surface area contributed by atoms with Gasteiger partial charge in [-0.05, 0) is 56.9 Å². The Balaban J connectivity index is 1.47. The van der Waals surface area contributed by atoms with Gasteiger partial charge in [-0.25, -0.2) is 4.98 Å². The zero-order chi connectivity index (χ0) is 23.7. The Bertz CT molecular complexity index is 1180. The third-order valence-electron chi connectivity index (χ3n) is 6.86. The average Bonchev–Trinajstić information content (AvgIpc) is 2.85. The second-order valence-electron chi connectivity index (χ2n) is 9.68. The molecule has 6 nitrogen and oxygen atoms in total. The number of ether oxygens (including phenoxy) is 1. The van der Waals surface area contributed by atoms with E-state index in [0.29, 0.717) is 31.0 Å². The molecule has 0 unspecified atom stereocenters. The van der Waals surface area contributed by atoms with Crippen LogP contribution in [0.5, 0.6) is 11.6 Å². The summed E-state index contributed by atoms with van der Waals surface area (Å²) in [6.45, 7) is 9.37. The molecule has 6 heteroatoms. The van der Waals surface area contributed by atoms with Gasteiger partial charge in [0.05, 0.1) is 17.8 Å². The van der Waals surface area contributed by atoms with Crippen LogP contribution in [0.4, 0.5) is 5.95 Å². The van der Waals surface area contributed by atoms with Gasteiger partial charge in [0.15, 0.2) is 0 Å². The lowest BCUT2D eigenvalue weighted by atomic mass is 9.99. The van der Waals surface area contributed by atoms with E-state index in [0.717, 1.165) is 60.4 Å². The number of hydrogen-bond donors (Lipinski definition) is 0. The number of piperidine rings is 1. The van der Waals surface area contributed by atoms with Gasteiger partial charge in [0.25, 0.3) is 5.91 Å². The van der Waals surface area contributed by atoms with Gasteiger partial charge in [0.2, 0.25) is 11.8 Å². The van der Waals surface area contributed by atoms with E-state index in [2.05, 4.69) is 18.7 Å². The minimum absolute atomic E-state index is 0.0322. The zero-order valence-electron chi connectivity index (χ0n) is 20.3. The van der Waals surface area contributed by atoms with Crippen LogP contribution in [0.15, 0.2) is 48.5 Å². The molecule has 0 spiro atoms. The predicted molar refractivity (Wildman–Crippen MR) is 134 cm³/mol. The fourth-order valence-corrected chi connectivity index (χ4v) is 4.66. The van der Waals surface area contributed by atoms with Gasteiger partial charge in [-0.3, -0.25) is 4.79 Å². The SMILES string of the molecule is Cc1ccc(Oc2nc(N3CCC(C)CC3)nc3c2CN(C(=O)c2cccc(C)c2)CC3)cc1. The summed E-state index contributed by atoms with van der Waals surface area (Å²) in [4.78, 5) is 27.2. The highest BCUT2D eigenvalue weighted by Crippen LogP contribution is 2.33. The molecule has 3 aromatic rings. The molecule has 0 saturated carbocycles. The number of fused-ring (bicyclic) bond motifs is 1. The Morgan fingerprint density at radius 1 is 0.971 bits per heavy atom. The van der Waals surface area contributed by atoms with Crippen molar-refractivity contribution in [3.63, 3.8) is 0 Å². The highest BCUT2D eigenvalue weighted by molar-refractivity contribution is 5.94. The summed E-state index contributed by atoms with van der Waals surface area (Å²) in [5, 5.41) is 0. The first-order valence-electron chi connectivity index (χ1n) is 12.2. The number of aromatic nitrogens is 2. The number of carbonyl (C=O) groups is 1. The molecule has 1 fully saturated rings.